The molecule has 0 saturated heterocycles. The second kappa shape index (κ2) is 6.94. The monoisotopic (exact) mass is 247 g/mol. The van der Waals surface area contributed by atoms with E-state index < -0.39 is 0 Å². The van der Waals surface area contributed by atoms with Gasteiger partial charge in [-0.25, -0.2) is 0 Å². The first-order valence-corrected chi connectivity index (χ1v) is 6.41. The number of carbonyl (C=O) groups excluding carboxylic acids is 2. The number of carbonyl (C=O) groups is 2. The molecular weight excluding hydrogens is 226 g/mol. The van der Waals surface area contributed by atoms with Gasteiger partial charge in [0, 0.05) is 12.8 Å². The van der Waals surface area contributed by atoms with E-state index in [1.54, 1.807) is 13.8 Å². The molecule has 0 radical (unpaired) electrons. The lowest BCUT2D eigenvalue weighted by Gasteiger charge is -2.12. The zero-order chi connectivity index (χ0) is 13.5. The number of amides is 1. The van der Waals surface area contributed by atoms with Crippen molar-refractivity contribution in [3.63, 3.8) is 0 Å². The van der Waals surface area contributed by atoms with Gasteiger partial charge in [0.2, 0.25) is 5.91 Å². The molecule has 1 aromatic rings. The van der Waals surface area contributed by atoms with Crippen LogP contribution in [0.2, 0.25) is 0 Å². The first kappa shape index (κ1) is 14.4. The fourth-order valence-electron chi connectivity index (χ4n) is 1.84. The van der Waals surface area contributed by atoms with Crippen molar-refractivity contribution in [3.05, 3.63) is 35.4 Å². The highest BCUT2D eigenvalue weighted by atomic mass is 16.2. The van der Waals surface area contributed by atoms with Gasteiger partial charge in [-0.05, 0) is 31.4 Å². The SMILES string of the molecule is CCC(=O)C(C)NC(=O)CCc1ccccc1C. The second-order valence-corrected chi connectivity index (χ2v) is 4.54. The first-order chi connectivity index (χ1) is 8.54. The summed E-state index contributed by atoms with van der Waals surface area (Å²) < 4.78 is 0. The quantitative estimate of drug-likeness (QED) is 0.839. The zero-order valence-corrected chi connectivity index (χ0v) is 11.3. The van der Waals surface area contributed by atoms with E-state index >= 15 is 0 Å². The Bertz CT molecular complexity index is 426. The Morgan fingerprint density at radius 2 is 1.94 bits per heavy atom. The Morgan fingerprint density at radius 1 is 1.28 bits per heavy atom. The molecule has 0 bridgehead atoms. The van der Waals surface area contributed by atoms with Crippen LogP contribution in [0.5, 0.6) is 0 Å². The number of aryl methyl sites for hydroxylation is 2. The summed E-state index contributed by atoms with van der Waals surface area (Å²) in [7, 11) is 0. The lowest BCUT2D eigenvalue weighted by atomic mass is 10.0. The Kier molecular flexibility index (Phi) is 5.56. The van der Waals surface area contributed by atoms with Gasteiger partial charge in [0.15, 0.2) is 5.78 Å². The second-order valence-electron chi connectivity index (χ2n) is 4.54. The number of benzene rings is 1. The van der Waals surface area contributed by atoms with Crippen molar-refractivity contribution in [3.8, 4) is 0 Å². The predicted octanol–water partition coefficient (Wildman–Crippen LogP) is 2.41. The van der Waals surface area contributed by atoms with E-state index in [0.717, 1.165) is 0 Å². The average molecular weight is 247 g/mol. The van der Waals surface area contributed by atoms with Crippen molar-refractivity contribution in [2.24, 2.45) is 0 Å². The van der Waals surface area contributed by atoms with Crippen molar-refractivity contribution in [2.75, 3.05) is 0 Å². The third-order valence-electron chi connectivity index (χ3n) is 3.09. The molecule has 3 heteroatoms. The van der Waals surface area contributed by atoms with Gasteiger partial charge in [0.1, 0.15) is 0 Å². The maximum atomic E-state index is 11.7. The van der Waals surface area contributed by atoms with Crippen LogP contribution in [-0.2, 0) is 16.0 Å². The van der Waals surface area contributed by atoms with Crippen LogP contribution in [0.15, 0.2) is 24.3 Å². The molecule has 1 rings (SSSR count). The van der Waals surface area contributed by atoms with Crippen LogP contribution in [0, 0.1) is 6.92 Å². The van der Waals surface area contributed by atoms with Crippen LogP contribution in [0.3, 0.4) is 0 Å². The molecule has 1 aromatic carbocycles. The molecule has 0 saturated carbocycles. The number of Topliss-reactive ketones (excluding diaryl/α,β-unsaturated/α-hetero) is 1. The molecule has 0 aliphatic rings. The van der Waals surface area contributed by atoms with Crippen LogP contribution in [-0.4, -0.2) is 17.7 Å². The predicted molar refractivity (Wildman–Crippen MR) is 72.4 cm³/mol. The van der Waals surface area contributed by atoms with Gasteiger partial charge in [-0.2, -0.15) is 0 Å². The zero-order valence-electron chi connectivity index (χ0n) is 11.3. The Hall–Kier alpha value is -1.64. The van der Waals surface area contributed by atoms with Crippen LogP contribution < -0.4 is 5.32 Å². The average Bonchev–Trinajstić information content (AvgIpc) is 2.36. The molecule has 98 valence electrons. The highest BCUT2D eigenvalue weighted by Crippen LogP contribution is 2.09. The number of ketones is 1. The van der Waals surface area contributed by atoms with Crippen molar-refractivity contribution in [2.45, 2.75) is 46.1 Å². The summed E-state index contributed by atoms with van der Waals surface area (Å²) in [5.74, 6) is 0.00629. The van der Waals surface area contributed by atoms with E-state index in [1.165, 1.54) is 11.1 Å². The summed E-state index contributed by atoms with van der Waals surface area (Å²) in [5, 5.41) is 2.73. The number of nitrogens with one attached hydrogen (secondary N) is 1. The van der Waals surface area contributed by atoms with Crippen LogP contribution >= 0.6 is 0 Å². The molecular formula is C15H21NO2. The van der Waals surface area contributed by atoms with Gasteiger partial charge >= 0.3 is 0 Å². The Morgan fingerprint density at radius 3 is 2.56 bits per heavy atom. The van der Waals surface area contributed by atoms with Crippen LogP contribution in [0.4, 0.5) is 0 Å². The normalized spacial score (nSPS) is 11.9. The topological polar surface area (TPSA) is 46.2 Å². The molecule has 0 aliphatic heterocycles. The summed E-state index contributed by atoms with van der Waals surface area (Å²) in [6, 6.07) is 7.66. The van der Waals surface area contributed by atoms with Gasteiger partial charge < -0.3 is 5.32 Å². The molecule has 1 unspecified atom stereocenters. The molecule has 0 aromatic heterocycles. The molecule has 0 heterocycles. The Labute approximate surface area is 109 Å². The molecule has 0 aliphatic carbocycles. The van der Waals surface area contributed by atoms with Gasteiger partial charge in [-0.1, -0.05) is 31.2 Å². The molecule has 1 amide bonds. The third-order valence-corrected chi connectivity index (χ3v) is 3.09. The molecule has 3 nitrogen and oxygen atoms in total. The van der Waals surface area contributed by atoms with Gasteiger partial charge in [0.25, 0.3) is 0 Å². The maximum absolute atomic E-state index is 11.7. The van der Waals surface area contributed by atoms with E-state index in [4.69, 9.17) is 0 Å². The maximum Gasteiger partial charge on any atom is 0.220 e. The summed E-state index contributed by atoms with van der Waals surface area (Å²) >= 11 is 0. The molecule has 1 N–H and O–H groups in total. The van der Waals surface area contributed by atoms with Gasteiger partial charge in [-0.15, -0.1) is 0 Å². The first-order valence-electron chi connectivity index (χ1n) is 6.41. The number of hydrogen-bond acceptors (Lipinski definition) is 2. The van der Waals surface area contributed by atoms with E-state index in [1.807, 2.05) is 31.2 Å². The van der Waals surface area contributed by atoms with E-state index in [0.29, 0.717) is 19.3 Å². The van der Waals surface area contributed by atoms with Gasteiger partial charge in [-0.3, -0.25) is 9.59 Å². The minimum absolute atomic E-state index is 0.0625. The van der Waals surface area contributed by atoms with E-state index in [-0.39, 0.29) is 17.7 Å². The minimum Gasteiger partial charge on any atom is -0.347 e. The number of rotatable bonds is 6. The van der Waals surface area contributed by atoms with Crippen LogP contribution in [0.25, 0.3) is 0 Å². The lowest BCUT2D eigenvalue weighted by Crippen LogP contribution is -2.38. The fourth-order valence-corrected chi connectivity index (χ4v) is 1.84. The molecule has 1 atom stereocenters. The van der Waals surface area contributed by atoms with Crippen LogP contribution in [0.1, 0.15) is 37.8 Å². The molecule has 0 spiro atoms. The molecule has 18 heavy (non-hydrogen) atoms. The van der Waals surface area contributed by atoms with Crippen molar-refractivity contribution in [1.29, 1.82) is 0 Å². The minimum atomic E-state index is -0.376. The van der Waals surface area contributed by atoms with Crippen molar-refractivity contribution >= 4 is 11.7 Å². The summed E-state index contributed by atoms with van der Waals surface area (Å²) in [6.07, 6.45) is 1.59. The summed E-state index contributed by atoms with van der Waals surface area (Å²) in [5.41, 5.74) is 2.38. The highest BCUT2D eigenvalue weighted by molar-refractivity contribution is 5.88. The highest BCUT2D eigenvalue weighted by Gasteiger charge is 2.13. The largest absolute Gasteiger partial charge is 0.347 e. The standard InChI is InChI=1S/C15H21NO2/c1-4-14(17)12(3)16-15(18)10-9-13-8-6-5-7-11(13)2/h5-8,12H,4,9-10H2,1-3H3,(H,16,18). The number of hydrogen-bond donors (Lipinski definition) is 1. The van der Waals surface area contributed by atoms with Crippen molar-refractivity contribution < 1.29 is 9.59 Å². The molecule has 0 fully saturated rings. The third kappa shape index (κ3) is 4.32. The smallest absolute Gasteiger partial charge is 0.220 e. The van der Waals surface area contributed by atoms with Crippen molar-refractivity contribution in [1.82, 2.24) is 5.32 Å². The lowest BCUT2D eigenvalue weighted by molar-refractivity contribution is -0.127. The van der Waals surface area contributed by atoms with Gasteiger partial charge in [0.05, 0.1) is 6.04 Å². The Balaban J connectivity index is 2.43. The van der Waals surface area contributed by atoms with E-state index in [9.17, 15) is 9.59 Å². The summed E-state index contributed by atoms with van der Waals surface area (Å²) in [6.45, 7) is 5.58. The summed E-state index contributed by atoms with van der Waals surface area (Å²) in [4.78, 5) is 23.1. The fraction of sp³-hybridized carbons (Fsp3) is 0.467. The van der Waals surface area contributed by atoms with E-state index in [2.05, 4.69) is 5.32 Å².